The number of allylic oxidation sites excluding steroid dienone is 2. The topological polar surface area (TPSA) is 364 Å². The largest absolute Gasteiger partial charge is 0.494 e. The lowest BCUT2D eigenvalue weighted by Crippen LogP contribution is -2.55. The van der Waals surface area contributed by atoms with Crippen LogP contribution < -0.4 is 37.3 Å². The first-order valence-corrected chi connectivity index (χ1v) is 26.7. The van der Waals surface area contributed by atoms with Crippen LogP contribution in [0, 0.1) is 13.8 Å². The first-order chi connectivity index (χ1) is 38.4. The Balaban J connectivity index is 0.00000457. The van der Waals surface area contributed by atoms with Gasteiger partial charge in [-0.3, -0.25) is 63.3 Å². The maximum atomic E-state index is 13.9. The number of thioether (sulfide) groups is 1. The lowest BCUT2D eigenvalue weighted by atomic mass is 10.1. The molecule has 27 nitrogen and oxygen atoms in total. The Morgan fingerprint density at radius 2 is 1.41 bits per heavy atom. The molecule has 9 N–H and O–H groups in total. The molecule has 2 aliphatic heterocycles. The second kappa shape index (κ2) is 26.5. The quantitative estimate of drug-likeness (QED) is 0.0196. The number of likely N-dealkylation sites (tertiary alicyclic amines) is 2. The Labute approximate surface area is 463 Å². The van der Waals surface area contributed by atoms with Gasteiger partial charge in [-0.15, -0.1) is 11.8 Å². The zero-order chi connectivity index (χ0) is 57.9. The van der Waals surface area contributed by atoms with E-state index in [1.54, 1.807) is 61.5 Å². The van der Waals surface area contributed by atoms with Crippen LogP contribution in [0.4, 0.5) is 11.9 Å². The first kappa shape index (κ1) is 59.2. The molecule has 2 aromatic carbocycles. The number of rotatable bonds is 26. The number of aldehydes is 1. The van der Waals surface area contributed by atoms with E-state index in [0.29, 0.717) is 89.5 Å². The van der Waals surface area contributed by atoms with E-state index < -0.39 is 46.8 Å². The van der Waals surface area contributed by atoms with Gasteiger partial charge in [-0.25, -0.2) is 9.97 Å². The Morgan fingerprint density at radius 1 is 0.838 bits per heavy atom. The number of ether oxygens (including phenoxy) is 3. The highest BCUT2D eigenvalue weighted by Crippen LogP contribution is 2.33. The monoisotopic (exact) mass is 1120 g/mol. The molecule has 2 unspecified atom stereocenters. The summed E-state index contributed by atoms with van der Waals surface area (Å²) in [6.45, 7) is 9.36. The van der Waals surface area contributed by atoms with Crippen LogP contribution >= 0.6 is 11.8 Å². The number of nitrogens with one attached hydrogen (secondary N) is 2. The SMILES string of the molecule is CCn1nc(C)cc1C(=O)Nc1nc2cc(C(N)=O)cc(OC)c2n1C/C=C/Cn1c(NC(=O)c2cc(C)nn2CC)nc2cc(C=O)cc(OCCCOC3CN(C(=O)CCN4C(=O)CC(SCC(N)C(=O)O)C4=O)C3)c21.CN. The van der Waals surface area contributed by atoms with Crippen LogP contribution in [0.25, 0.3) is 22.1 Å². The van der Waals surface area contributed by atoms with Gasteiger partial charge in [0.2, 0.25) is 35.5 Å². The van der Waals surface area contributed by atoms with E-state index >= 15 is 0 Å². The van der Waals surface area contributed by atoms with Gasteiger partial charge in [0.15, 0.2) is 0 Å². The van der Waals surface area contributed by atoms with Crippen molar-refractivity contribution in [2.45, 2.75) is 90.5 Å². The van der Waals surface area contributed by atoms with E-state index in [0.717, 1.165) is 16.7 Å². The van der Waals surface area contributed by atoms with Crippen molar-refractivity contribution in [2.24, 2.45) is 17.2 Å². The molecular formula is C52H65N15O12S. The normalized spacial score (nSPS) is 14.8. The predicted octanol–water partition coefficient (Wildman–Crippen LogP) is 2.35. The summed E-state index contributed by atoms with van der Waals surface area (Å²) in [5, 5.41) is 22.9. The molecule has 6 aromatic rings. The molecule has 0 bridgehead atoms. The molecule has 0 radical (unpaired) electrons. The second-order valence-corrected chi connectivity index (χ2v) is 19.7. The number of fused-ring (bicyclic) bond motifs is 2. The van der Waals surface area contributed by atoms with Crippen molar-refractivity contribution in [1.82, 2.24) is 48.5 Å². The van der Waals surface area contributed by atoms with Crippen molar-refractivity contribution in [1.29, 1.82) is 0 Å². The number of anilines is 2. The van der Waals surface area contributed by atoms with Gasteiger partial charge in [0.1, 0.15) is 46.2 Å². The van der Waals surface area contributed by atoms with Gasteiger partial charge in [-0.05, 0) is 71.1 Å². The molecule has 0 saturated carbocycles. The number of carboxylic acids is 1. The van der Waals surface area contributed by atoms with E-state index in [9.17, 15) is 38.4 Å². The van der Waals surface area contributed by atoms with Crippen molar-refractivity contribution >= 4 is 93.4 Å². The number of hydrogen-bond acceptors (Lipinski definition) is 18. The maximum Gasteiger partial charge on any atom is 0.321 e. The number of aryl methyl sites for hydroxylation is 4. The van der Waals surface area contributed by atoms with Crippen molar-refractivity contribution < 1.29 is 57.7 Å². The third kappa shape index (κ3) is 13.3. The standard InChI is InChI=1S/C51H60N14O12S.CH5N/c1-6-64-36(17-28(3)58-64)46(70)56-50-54-34-19-30(26-66)20-39(77-16-10-15-76-32-24-60(25-32)41(67)11-14-61-42(68)23-40(48(61)72)78-27-33(52)49(73)74)44(34)63(50)13-9-8-12-62-43-35(21-31(45(53)69)22-38(43)75-5)55-51(62)57-47(71)37-18-29(4)59-65(37)7-2;1-2/h8-9,17-22,26,32-33,40H,6-7,10-16,23-25,27,52H2,1-5H3,(H2,53,69)(H,73,74)(H,54,56,70)(H,55,57,71);2H2,1H3/b9-8+;. The summed E-state index contributed by atoms with van der Waals surface area (Å²) in [5.41, 5.74) is 19.7. The number of hydrogen-bond donors (Lipinski definition) is 6. The zero-order valence-corrected chi connectivity index (χ0v) is 46.0. The lowest BCUT2D eigenvalue weighted by molar-refractivity contribution is -0.146. The summed E-state index contributed by atoms with van der Waals surface area (Å²) >= 11 is 1.02. The summed E-state index contributed by atoms with van der Waals surface area (Å²) in [6, 6.07) is 8.34. The Hall–Kier alpha value is -8.47. The number of carbonyl (C=O) groups excluding carboxylic acids is 7. The number of carbonyl (C=O) groups is 8. The van der Waals surface area contributed by atoms with Gasteiger partial charge < -0.3 is 50.6 Å². The molecule has 2 atom stereocenters. The van der Waals surface area contributed by atoms with Gasteiger partial charge in [-0.1, -0.05) is 12.2 Å². The Bertz CT molecular complexity index is 3360. The summed E-state index contributed by atoms with van der Waals surface area (Å²) in [5.74, 6) is -3.12. The number of nitrogens with two attached hydrogens (primary N) is 3. The molecule has 2 saturated heterocycles. The minimum absolute atomic E-state index is 0.0279. The van der Waals surface area contributed by atoms with Crippen LogP contribution in [0.1, 0.15) is 86.2 Å². The number of carboxylic acid groups (broad SMARTS) is 1. The number of imidazole rings is 2. The fourth-order valence-electron chi connectivity index (χ4n) is 9.05. The van der Waals surface area contributed by atoms with E-state index in [-0.39, 0.29) is 92.2 Å². The highest BCUT2D eigenvalue weighted by atomic mass is 32.2. The lowest BCUT2D eigenvalue weighted by Gasteiger charge is -2.39. The van der Waals surface area contributed by atoms with Gasteiger partial charge in [0, 0.05) is 82.0 Å². The van der Waals surface area contributed by atoms with Crippen LogP contribution in [0.2, 0.25) is 0 Å². The van der Waals surface area contributed by atoms with Gasteiger partial charge >= 0.3 is 5.97 Å². The summed E-state index contributed by atoms with van der Waals surface area (Å²) in [4.78, 5) is 114. The molecule has 28 heteroatoms. The van der Waals surface area contributed by atoms with E-state index in [1.807, 2.05) is 26.0 Å². The highest BCUT2D eigenvalue weighted by Gasteiger charge is 2.40. The van der Waals surface area contributed by atoms with Crippen molar-refractivity contribution in [2.75, 3.05) is 63.4 Å². The van der Waals surface area contributed by atoms with Crippen molar-refractivity contribution in [3.8, 4) is 11.5 Å². The Kier molecular flexibility index (Phi) is 19.6. The van der Waals surface area contributed by atoms with Crippen LogP contribution in [0.15, 0.2) is 48.6 Å². The summed E-state index contributed by atoms with van der Waals surface area (Å²) in [6.07, 6.45) is 4.30. The van der Waals surface area contributed by atoms with Gasteiger partial charge in [0.05, 0.1) is 54.1 Å². The average molecular weight is 1120 g/mol. The molecule has 0 spiro atoms. The molecule has 6 amide bonds. The number of amides is 6. The third-order valence-electron chi connectivity index (χ3n) is 13.0. The van der Waals surface area contributed by atoms with Gasteiger partial charge in [0.25, 0.3) is 11.8 Å². The number of aromatic nitrogens is 8. The number of benzene rings is 2. The number of methoxy groups -OCH3 is 1. The minimum atomic E-state index is -1.20. The average Bonchev–Trinajstić information content (AvgIpc) is 4.30. The third-order valence-corrected chi connectivity index (χ3v) is 14.3. The molecule has 426 valence electrons. The van der Waals surface area contributed by atoms with Gasteiger partial charge in [-0.2, -0.15) is 10.2 Å². The summed E-state index contributed by atoms with van der Waals surface area (Å²) < 4.78 is 24.7. The number of primary amides is 1. The fourth-order valence-corrected chi connectivity index (χ4v) is 10.2. The smallest absolute Gasteiger partial charge is 0.321 e. The molecule has 8 rings (SSSR count). The maximum absolute atomic E-state index is 13.9. The van der Waals surface area contributed by atoms with Crippen LogP contribution in [0.5, 0.6) is 11.5 Å². The van der Waals surface area contributed by atoms with Crippen molar-refractivity contribution in [3.63, 3.8) is 0 Å². The zero-order valence-electron chi connectivity index (χ0n) is 45.2. The molecule has 4 aromatic heterocycles. The van der Waals surface area contributed by atoms with Crippen molar-refractivity contribution in [3.05, 3.63) is 82.5 Å². The molecule has 80 heavy (non-hydrogen) atoms. The number of aliphatic carboxylic acids is 1. The molecular weight excluding hydrogens is 1060 g/mol. The second-order valence-electron chi connectivity index (χ2n) is 18.5. The molecule has 2 aliphatic rings. The summed E-state index contributed by atoms with van der Waals surface area (Å²) in [7, 11) is 2.94. The number of imide groups is 1. The molecule has 6 heterocycles. The fraction of sp³-hybridized carbons (Fsp3) is 0.423. The first-order valence-electron chi connectivity index (χ1n) is 25.7. The van der Waals surface area contributed by atoms with E-state index in [4.69, 9.17) is 40.8 Å². The molecule has 0 aliphatic carbocycles. The van der Waals surface area contributed by atoms with E-state index in [1.165, 1.54) is 26.3 Å². The predicted molar refractivity (Wildman–Crippen MR) is 295 cm³/mol. The van der Waals surface area contributed by atoms with Crippen LogP contribution in [-0.4, -0.2) is 171 Å². The number of nitrogens with zero attached hydrogens (tertiary/aromatic N) is 10. The Morgan fingerprint density at radius 3 is 1.95 bits per heavy atom. The highest BCUT2D eigenvalue weighted by molar-refractivity contribution is 8.00. The van der Waals surface area contributed by atoms with E-state index in [2.05, 4.69) is 26.6 Å². The van der Waals surface area contributed by atoms with Crippen LogP contribution in [0.3, 0.4) is 0 Å². The van der Waals surface area contributed by atoms with Crippen LogP contribution in [-0.2, 0) is 50.1 Å². The minimum Gasteiger partial charge on any atom is -0.494 e. The molecule has 2 fully saturated rings.